The molecule has 3 nitrogen and oxygen atoms in total. The predicted octanol–water partition coefficient (Wildman–Crippen LogP) is 3.80. The summed E-state index contributed by atoms with van der Waals surface area (Å²) in [5, 5.41) is 9.17. The fourth-order valence-electron chi connectivity index (χ4n) is 1.89. The lowest BCUT2D eigenvalue weighted by Crippen LogP contribution is -1.94. The number of ether oxygens (including phenoxy) is 1. The summed E-state index contributed by atoms with van der Waals surface area (Å²) in [5.74, 6) is 1.78. The number of hydrogen-bond acceptors (Lipinski definition) is 3. The first-order chi connectivity index (χ1) is 9.08. The molecule has 100 valence electrons. The number of aliphatic hydroxyl groups excluding tert-OH is 1. The second-order valence-corrected chi connectivity index (χ2v) is 4.94. The Morgan fingerprint density at radius 1 is 1.16 bits per heavy atom. The molecule has 0 amide bonds. The van der Waals surface area contributed by atoms with Gasteiger partial charge in [0.2, 0.25) is 5.88 Å². The van der Waals surface area contributed by atoms with E-state index in [4.69, 9.17) is 9.84 Å². The third-order valence-electron chi connectivity index (χ3n) is 2.94. The molecule has 0 aliphatic heterocycles. The van der Waals surface area contributed by atoms with Gasteiger partial charge in [0.15, 0.2) is 0 Å². The minimum Gasteiger partial charge on any atom is -0.439 e. The highest BCUT2D eigenvalue weighted by Gasteiger charge is 2.04. The topological polar surface area (TPSA) is 42.4 Å². The van der Waals surface area contributed by atoms with E-state index in [0.717, 1.165) is 17.0 Å². The summed E-state index contributed by atoms with van der Waals surface area (Å²) in [5.41, 5.74) is 2.92. The van der Waals surface area contributed by atoms with Gasteiger partial charge >= 0.3 is 0 Å². The molecule has 3 heteroatoms. The highest BCUT2D eigenvalue weighted by Crippen LogP contribution is 2.23. The molecule has 0 saturated heterocycles. The smallest absolute Gasteiger partial charge is 0.219 e. The Kier molecular flexibility index (Phi) is 4.17. The van der Waals surface area contributed by atoms with Crippen LogP contribution in [0.5, 0.6) is 11.6 Å². The molecule has 1 N–H and O–H groups in total. The fraction of sp³-hybridized carbons (Fsp3) is 0.312. The SMILES string of the molecule is Cc1cc(CO)cc(Oc2ccc(C(C)C)cc2)n1. The monoisotopic (exact) mass is 257 g/mol. The van der Waals surface area contributed by atoms with E-state index in [-0.39, 0.29) is 6.61 Å². The molecule has 0 aliphatic carbocycles. The van der Waals surface area contributed by atoms with Crippen LogP contribution in [-0.4, -0.2) is 10.1 Å². The molecule has 0 atom stereocenters. The van der Waals surface area contributed by atoms with Crippen LogP contribution in [0.25, 0.3) is 0 Å². The number of aromatic nitrogens is 1. The maximum absolute atomic E-state index is 9.17. The molecule has 0 radical (unpaired) electrons. The number of hydrogen-bond donors (Lipinski definition) is 1. The molecule has 1 aromatic carbocycles. The van der Waals surface area contributed by atoms with E-state index < -0.39 is 0 Å². The zero-order valence-corrected chi connectivity index (χ0v) is 11.6. The fourth-order valence-corrected chi connectivity index (χ4v) is 1.89. The summed E-state index contributed by atoms with van der Waals surface area (Å²) < 4.78 is 5.71. The molecule has 0 aliphatic rings. The first-order valence-electron chi connectivity index (χ1n) is 6.44. The number of rotatable bonds is 4. The van der Waals surface area contributed by atoms with E-state index in [1.54, 1.807) is 6.07 Å². The lowest BCUT2D eigenvalue weighted by Gasteiger charge is -2.09. The molecule has 1 heterocycles. The summed E-state index contributed by atoms with van der Waals surface area (Å²) in [6.07, 6.45) is 0. The van der Waals surface area contributed by atoms with Crippen molar-refractivity contribution in [1.29, 1.82) is 0 Å². The van der Waals surface area contributed by atoms with Crippen LogP contribution in [0.15, 0.2) is 36.4 Å². The standard InChI is InChI=1S/C16H19NO2/c1-11(2)14-4-6-15(7-5-14)19-16-9-13(10-18)8-12(3)17-16/h4-9,11,18H,10H2,1-3H3. The Morgan fingerprint density at radius 2 is 1.84 bits per heavy atom. The Morgan fingerprint density at radius 3 is 2.42 bits per heavy atom. The number of aryl methyl sites for hydroxylation is 1. The van der Waals surface area contributed by atoms with Crippen molar-refractivity contribution in [3.63, 3.8) is 0 Å². The molecule has 0 unspecified atom stereocenters. The van der Waals surface area contributed by atoms with Crippen LogP contribution in [0.3, 0.4) is 0 Å². The Balaban J connectivity index is 2.18. The Labute approximate surface area is 113 Å². The van der Waals surface area contributed by atoms with Crippen molar-refractivity contribution in [1.82, 2.24) is 4.98 Å². The van der Waals surface area contributed by atoms with Crippen molar-refractivity contribution in [2.24, 2.45) is 0 Å². The molecule has 2 rings (SSSR count). The van der Waals surface area contributed by atoms with Gasteiger partial charge in [-0.05, 0) is 42.2 Å². The molecule has 0 spiro atoms. The largest absolute Gasteiger partial charge is 0.439 e. The highest BCUT2D eigenvalue weighted by molar-refractivity contribution is 5.33. The van der Waals surface area contributed by atoms with E-state index in [9.17, 15) is 0 Å². The van der Waals surface area contributed by atoms with Gasteiger partial charge in [0.1, 0.15) is 5.75 Å². The molecule has 1 aromatic heterocycles. The van der Waals surface area contributed by atoms with Gasteiger partial charge in [-0.15, -0.1) is 0 Å². The summed E-state index contributed by atoms with van der Waals surface area (Å²) >= 11 is 0. The second-order valence-electron chi connectivity index (χ2n) is 4.94. The van der Waals surface area contributed by atoms with Crippen molar-refractivity contribution in [2.45, 2.75) is 33.3 Å². The minimum atomic E-state index is -0.00793. The van der Waals surface area contributed by atoms with E-state index in [1.165, 1.54) is 5.56 Å². The lowest BCUT2D eigenvalue weighted by atomic mass is 10.0. The van der Waals surface area contributed by atoms with E-state index in [2.05, 4.69) is 31.0 Å². The average molecular weight is 257 g/mol. The Hall–Kier alpha value is -1.87. The van der Waals surface area contributed by atoms with Crippen molar-refractivity contribution in [3.8, 4) is 11.6 Å². The van der Waals surface area contributed by atoms with Crippen molar-refractivity contribution >= 4 is 0 Å². The number of nitrogens with zero attached hydrogens (tertiary/aromatic N) is 1. The van der Waals surface area contributed by atoms with Crippen LogP contribution in [0, 0.1) is 6.92 Å². The lowest BCUT2D eigenvalue weighted by molar-refractivity contribution is 0.281. The van der Waals surface area contributed by atoms with Crippen molar-refractivity contribution in [2.75, 3.05) is 0 Å². The first-order valence-corrected chi connectivity index (χ1v) is 6.44. The molecule has 0 saturated carbocycles. The summed E-state index contributed by atoms with van der Waals surface area (Å²) in [7, 11) is 0. The van der Waals surface area contributed by atoms with Gasteiger partial charge in [-0.1, -0.05) is 26.0 Å². The van der Waals surface area contributed by atoms with E-state index >= 15 is 0 Å². The maximum atomic E-state index is 9.17. The summed E-state index contributed by atoms with van der Waals surface area (Å²) in [6, 6.07) is 11.6. The minimum absolute atomic E-state index is 0.00793. The second kappa shape index (κ2) is 5.85. The van der Waals surface area contributed by atoms with Gasteiger partial charge in [0.25, 0.3) is 0 Å². The number of benzene rings is 1. The summed E-state index contributed by atoms with van der Waals surface area (Å²) in [4.78, 5) is 4.30. The number of aliphatic hydroxyl groups is 1. The van der Waals surface area contributed by atoms with E-state index in [1.807, 2.05) is 25.1 Å². The third-order valence-corrected chi connectivity index (χ3v) is 2.94. The van der Waals surface area contributed by atoms with Crippen LogP contribution in [-0.2, 0) is 6.61 Å². The zero-order chi connectivity index (χ0) is 13.8. The van der Waals surface area contributed by atoms with Crippen LogP contribution >= 0.6 is 0 Å². The quantitative estimate of drug-likeness (QED) is 0.906. The first kappa shape index (κ1) is 13.6. The van der Waals surface area contributed by atoms with Crippen molar-refractivity contribution in [3.05, 3.63) is 53.2 Å². The van der Waals surface area contributed by atoms with Crippen LogP contribution in [0.1, 0.15) is 36.6 Å². The van der Waals surface area contributed by atoms with Gasteiger partial charge in [0.05, 0.1) is 6.61 Å². The molecule has 2 aromatic rings. The predicted molar refractivity (Wildman–Crippen MR) is 75.5 cm³/mol. The van der Waals surface area contributed by atoms with Crippen LogP contribution in [0.2, 0.25) is 0 Å². The maximum Gasteiger partial charge on any atom is 0.219 e. The van der Waals surface area contributed by atoms with Gasteiger partial charge in [-0.2, -0.15) is 0 Å². The van der Waals surface area contributed by atoms with Gasteiger partial charge in [-0.25, -0.2) is 4.98 Å². The molecular formula is C16H19NO2. The van der Waals surface area contributed by atoms with E-state index in [0.29, 0.717) is 11.8 Å². The van der Waals surface area contributed by atoms with Crippen LogP contribution in [0.4, 0.5) is 0 Å². The summed E-state index contributed by atoms with van der Waals surface area (Å²) in [6.45, 7) is 6.19. The zero-order valence-electron chi connectivity index (χ0n) is 11.6. The highest BCUT2D eigenvalue weighted by atomic mass is 16.5. The Bertz CT molecular complexity index is 547. The molecular weight excluding hydrogens is 238 g/mol. The third kappa shape index (κ3) is 3.55. The number of pyridine rings is 1. The molecule has 0 bridgehead atoms. The molecule has 19 heavy (non-hydrogen) atoms. The van der Waals surface area contributed by atoms with Crippen LogP contribution < -0.4 is 4.74 Å². The normalized spacial score (nSPS) is 10.8. The van der Waals surface area contributed by atoms with Crippen molar-refractivity contribution < 1.29 is 9.84 Å². The van der Waals surface area contributed by atoms with Gasteiger partial charge < -0.3 is 9.84 Å². The molecule has 0 fully saturated rings. The van der Waals surface area contributed by atoms with Gasteiger partial charge in [0, 0.05) is 11.8 Å². The van der Waals surface area contributed by atoms with Gasteiger partial charge in [-0.3, -0.25) is 0 Å². The average Bonchev–Trinajstić information content (AvgIpc) is 2.38.